The Kier molecular flexibility index (Phi) is 7.81. The van der Waals surface area contributed by atoms with E-state index in [1.807, 2.05) is 6.08 Å². The number of benzene rings is 4. The Hall–Kier alpha value is -5.31. The molecule has 1 aliphatic heterocycles. The van der Waals surface area contributed by atoms with E-state index in [9.17, 15) is 30.3 Å². The lowest BCUT2D eigenvalue weighted by molar-refractivity contribution is 0.0844. The first-order chi connectivity index (χ1) is 18.6. The molecule has 0 saturated heterocycles. The first-order valence-electron chi connectivity index (χ1n) is 11.8. The van der Waals surface area contributed by atoms with Gasteiger partial charge in [-0.1, -0.05) is 30.4 Å². The van der Waals surface area contributed by atoms with Crippen molar-refractivity contribution in [1.29, 1.82) is 0 Å². The van der Waals surface area contributed by atoms with Crippen LogP contribution in [0.3, 0.4) is 0 Å². The summed E-state index contributed by atoms with van der Waals surface area (Å²) in [6.45, 7) is 0. The molecule has 1 heterocycles. The van der Waals surface area contributed by atoms with Crippen molar-refractivity contribution in [2.45, 2.75) is 12.5 Å². The average Bonchev–Trinajstić information content (AvgIpc) is 2.87. The third-order valence-corrected chi connectivity index (χ3v) is 5.85. The summed E-state index contributed by atoms with van der Waals surface area (Å²) >= 11 is 0. The van der Waals surface area contributed by atoms with Gasteiger partial charge in [-0.05, 0) is 53.1 Å². The molecule has 0 saturated carbocycles. The maximum atomic E-state index is 12.2. The summed E-state index contributed by atoms with van der Waals surface area (Å²) < 4.78 is 10.7. The minimum Gasteiger partial charge on any atom is -0.508 e. The average molecular weight is 531 g/mol. The largest absolute Gasteiger partial charge is 0.508 e. The molecule has 1 aliphatic rings. The molecule has 0 aromatic heterocycles. The Morgan fingerprint density at radius 2 is 1.36 bits per heavy atom. The van der Waals surface area contributed by atoms with Crippen molar-refractivity contribution in [2.75, 3.05) is 7.11 Å². The summed E-state index contributed by atoms with van der Waals surface area (Å²) in [7, 11) is 1.44. The molecular formula is C30H26O9. The van der Waals surface area contributed by atoms with Crippen LogP contribution in [0.2, 0.25) is 0 Å². The van der Waals surface area contributed by atoms with Crippen LogP contribution in [0.4, 0.5) is 0 Å². The van der Waals surface area contributed by atoms with Crippen LogP contribution in [-0.4, -0.2) is 43.5 Å². The van der Waals surface area contributed by atoms with E-state index >= 15 is 0 Å². The highest BCUT2D eigenvalue weighted by Crippen LogP contribution is 2.42. The van der Waals surface area contributed by atoms with Gasteiger partial charge < -0.3 is 40.1 Å². The minimum absolute atomic E-state index is 0.0235. The van der Waals surface area contributed by atoms with Gasteiger partial charge in [-0.15, -0.1) is 0 Å². The molecule has 0 spiro atoms. The Labute approximate surface area is 223 Å². The van der Waals surface area contributed by atoms with Gasteiger partial charge in [0.25, 0.3) is 0 Å². The van der Waals surface area contributed by atoms with Gasteiger partial charge in [0.1, 0.15) is 46.2 Å². The van der Waals surface area contributed by atoms with Gasteiger partial charge in [0.2, 0.25) is 0 Å². The standard InChI is InChI=1S/C16H14O6.C14H12O3/c1-21-13-3-2-8(4-10(13)18)14-7-12(20)16-11(19)5-9(17)6-15(16)22-14;15-12-5-3-10(4-6-12)1-2-11-7-13(16)9-14(17)8-11/h2-6,14,17-19H,7H2,1H3;1-9,15-17H/b;2-1+/t14-;/m0./s1. The van der Waals surface area contributed by atoms with Gasteiger partial charge >= 0.3 is 0 Å². The Morgan fingerprint density at radius 1 is 0.718 bits per heavy atom. The Morgan fingerprint density at radius 3 is 2.00 bits per heavy atom. The van der Waals surface area contributed by atoms with Crippen LogP contribution in [0.15, 0.2) is 72.8 Å². The van der Waals surface area contributed by atoms with Crippen molar-refractivity contribution in [3.8, 4) is 46.0 Å². The molecule has 1 atom stereocenters. The van der Waals surface area contributed by atoms with E-state index < -0.39 is 6.10 Å². The second kappa shape index (κ2) is 11.4. The number of methoxy groups -OCH3 is 1. The molecule has 39 heavy (non-hydrogen) atoms. The predicted molar refractivity (Wildman–Crippen MR) is 144 cm³/mol. The second-order valence-corrected chi connectivity index (χ2v) is 8.71. The topological polar surface area (TPSA) is 157 Å². The van der Waals surface area contributed by atoms with E-state index in [-0.39, 0.29) is 58.0 Å². The van der Waals surface area contributed by atoms with E-state index in [0.29, 0.717) is 16.9 Å². The molecule has 0 aliphatic carbocycles. The number of carbonyl (C=O) groups excluding carboxylic acids is 1. The highest BCUT2D eigenvalue weighted by molar-refractivity contribution is 6.02. The van der Waals surface area contributed by atoms with Crippen molar-refractivity contribution < 1.29 is 44.9 Å². The molecule has 9 nitrogen and oxygen atoms in total. The van der Waals surface area contributed by atoms with E-state index in [1.165, 1.54) is 25.3 Å². The molecule has 9 heteroatoms. The number of hydrogen-bond acceptors (Lipinski definition) is 9. The number of ether oxygens (including phenoxy) is 2. The van der Waals surface area contributed by atoms with Gasteiger partial charge in [-0.3, -0.25) is 4.79 Å². The Bertz CT molecular complexity index is 1500. The van der Waals surface area contributed by atoms with Gasteiger partial charge in [0, 0.05) is 18.2 Å². The third-order valence-electron chi connectivity index (χ3n) is 5.85. The molecule has 0 fully saturated rings. The molecule has 6 N–H and O–H groups in total. The number of fused-ring (bicyclic) bond motifs is 1. The number of aromatic hydroxyl groups is 6. The highest BCUT2D eigenvalue weighted by atomic mass is 16.5. The van der Waals surface area contributed by atoms with Crippen LogP contribution in [0, 0.1) is 0 Å². The van der Waals surface area contributed by atoms with Crippen LogP contribution in [0.5, 0.6) is 46.0 Å². The van der Waals surface area contributed by atoms with Crippen LogP contribution >= 0.6 is 0 Å². The number of carbonyl (C=O) groups is 1. The van der Waals surface area contributed by atoms with Gasteiger partial charge in [0.15, 0.2) is 17.3 Å². The smallest absolute Gasteiger partial charge is 0.174 e. The van der Waals surface area contributed by atoms with E-state index in [4.69, 9.17) is 14.6 Å². The van der Waals surface area contributed by atoms with Crippen molar-refractivity contribution in [3.05, 3.63) is 95.1 Å². The number of phenolic OH excluding ortho intramolecular Hbond substituents is 6. The fourth-order valence-corrected chi connectivity index (χ4v) is 4.01. The van der Waals surface area contributed by atoms with Crippen LogP contribution in [-0.2, 0) is 0 Å². The number of Topliss-reactive ketones (excluding diaryl/α,β-unsaturated/α-hetero) is 1. The van der Waals surface area contributed by atoms with E-state index in [2.05, 4.69) is 0 Å². The molecule has 0 unspecified atom stereocenters. The zero-order valence-corrected chi connectivity index (χ0v) is 20.8. The fourth-order valence-electron chi connectivity index (χ4n) is 4.01. The minimum atomic E-state index is -0.613. The summed E-state index contributed by atoms with van der Waals surface area (Å²) in [5.74, 6) is -0.142. The third kappa shape index (κ3) is 6.53. The van der Waals surface area contributed by atoms with Crippen LogP contribution < -0.4 is 9.47 Å². The van der Waals surface area contributed by atoms with Gasteiger partial charge in [0.05, 0.1) is 13.5 Å². The highest BCUT2D eigenvalue weighted by Gasteiger charge is 2.31. The summed E-state index contributed by atoms with van der Waals surface area (Å²) in [6.07, 6.45) is 3.01. The lowest BCUT2D eigenvalue weighted by Gasteiger charge is -2.26. The summed E-state index contributed by atoms with van der Waals surface area (Å²) in [5.41, 5.74) is 2.29. The van der Waals surface area contributed by atoms with Gasteiger partial charge in [-0.25, -0.2) is 0 Å². The number of hydrogen-bond donors (Lipinski definition) is 6. The van der Waals surface area contributed by atoms with Crippen molar-refractivity contribution in [2.24, 2.45) is 0 Å². The lowest BCUT2D eigenvalue weighted by Crippen LogP contribution is -2.20. The lowest BCUT2D eigenvalue weighted by atomic mass is 9.95. The molecule has 0 amide bonds. The molecular weight excluding hydrogens is 504 g/mol. The molecule has 200 valence electrons. The van der Waals surface area contributed by atoms with E-state index in [0.717, 1.165) is 11.6 Å². The zero-order valence-electron chi connectivity index (χ0n) is 20.8. The SMILES string of the molecule is COc1ccc([C@@H]2CC(=O)c3c(O)cc(O)cc3O2)cc1O.Oc1ccc(/C=C/c2cc(O)cc(O)c2)cc1. The first-order valence-corrected chi connectivity index (χ1v) is 11.8. The zero-order chi connectivity index (χ0) is 28.1. The van der Waals surface area contributed by atoms with Crippen molar-refractivity contribution >= 4 is 17.9 Å². The van der Waals surface area contributed by atoms with Gasteiger partial charge in [-0.2, -0.15) is 0 Å². The van der Waals surface area contributed by atoms with Crippen molar-refractivity contribution in [3.63, 3.8) is 0 Å². The summed E-state index contributed by atoms with van der Waals surface area (Å²) in [4.78, 5) is 12.2. The number of ketones is 1. The van der Waals surface area contributed by atoms with Crippen molar-refractivity contribution in [1.82, 2.24) is 0 Å². The monoisotopic (exact) mass is 530 g/mol. The second-order valence-electron chi connectivity index (χ2n) is 8.71. The maximum absolute atomic E-state index is 12.2. The predicted octanol–water partition coefficient (Wildman–Crippen LogP) is 5.49. The molecule has 4 aromatic rings. The van der Waals surface area contributed by atoms with Crippen LogP contribution in [0.25, 0.3) is 12.2 Å². The first kappa shape index (κ1) is 26.7. The van der Waals surface area contributed by atoms with Crippen LogP contribution in [0.1, 0.15) is 39.6 Å². The molecule has 0 radical (unpaired) electrons. The molecule has 4 aromatic carbocycles. The number of rotatable bonds is 4. The maximum Gasteiger partial charge on any atom is 0.174 e. The van der Waals surface area contributed by atoms with E-state index in [1.54, 1.807) is 54.6 Å². The fraction of sp³-hybridized carbons (Fsp3) is 0.100. The normalized spacial score (nSPS) is 14.2. The number of phenols is 6. The summed E-state index contributed by atoms with van der Waals surface area (Å²) in [6, 6.07) is 18.2. The quantitative estimate of drug-likeness (QED) is 0.188. The molecule has 0 bridgehead atoms. The summed E-state index contributed by atoms with van der Waals surface area (Å²) in [5, 5.41) is 56.8. The Balaban J connectivity index is 0.000000187. The molecule has 5 rings (SSSR count).